The van der Waals surface area contributed by atoms with Crippen molar-refractivity contribution in [3.05, 3.63) is 41.5 Å². The number of hydrogen-bond donors (Lipinski definition) is 1. The second-order valence-corrected chi connectivity index (χ2v) is 10.6. The quantitative estimate of drug-likeness (QED) is 0.524. The third kappa shape index (κ3) is 3.92. The molecule has 3 fully saturated rings. The molecule has 2 heterocycles. The van der Waals surface area contributed by atoms with Crippen molar-refractivity contribution in [3.8, 4) is 0 Å². The number of ether oxygens (including phenoxy) is 1. The van der Waals surface area contributed by atoms with Gasteiger partial charge >= 0.3 is 12.1 Å². The maximum Gasteiger partial charge on any atom is 0.416 e. The number of rotatable bonds is 3. The summed E-state index contributed by atoms with van der Waals surface area (Å²) in [5.74, 6) is -0.495. The molecule has 0 amide bonds. The van der Waals surface area contributed by atoms with Gasteiger partial charge in [0.25, 0.3) is 0 Å². The number of esters is 1. The highest BCUT2D eigenvalue weighted by atomic mass is 19.4. The predicted octanol–water partition coefficient (Wildman–Crippen LogP) is 4.11. The number of carbonyl (C=O) groups excluding carboxylic acids is 1. The fourth-order valence-electron chi connectivity index (χ4n) is 6.62. The number of fused-ring (bicyclic) bond motifs is 2. The molecule has 5 rings (SSSR count). The molecule has 6 atom stereocenters. The van der Waals surface area contributed by atoms with Crippen LogP contribution in [0.3, 0.4) is 0 Å². The normalized spacial score (nSPS) is 36.5. The van der Waals surface area contributed by atoms with Crippen LogP contribution in [0, 0.1) is 23.2 Å². The van der Waals surface area contributed by atoms with Crippen molar-refractivity contribution >= 4 is 11.7 Å². The Kier molecular flexibility index (Phi) is 5.96. The Morgan fingerprint density at radius 2 is 1.94 bits per heavy atom. The van der Waals surface area contributed by atoms with Crippen LogP contribution < -0.4 is 4.90 Å². The second-order valence-electron chi connectivity index (χ2n) is 10.6. The van der Waals surface area contributed by atoms with Gasteiger partial charge in [0.15, 0.2) is 0 Å². The van der Waals surface area contributed by atoms with Crippen molar-refractivity contribution in [3.63, 3.8) is 0 Å². The van der Waals surface area contributed by atoms with E-state index in [2.05, 4.69) is 24.8 Å². The van der Waals surface area contributed by atoms with Gasteiger partial charge in [-0.2, -0.15) is 13.2 Å². The van der Waals surface area contributed by atoms with Crippen LogP contribution >= 0.6 is 0 Å². The number of alkyl halides is 3. The molecule has 1 N–H and O–H groups in total. The highest BCUT2D eigenvalue weighted by Crippen LogP contribution is 2.56. The number of hydrogen-bond acceptors (Lipinski definition) is 5. The minimum Gasteiger partial charge on any atom is -0.461 e. The molecular formula is C26H33F3N2O3. The highest BCUT2D eigenvalue weighted by Gasteiger charge is 2.59. The molecular weight excluding hydrogens is 445 g/mol. The molecule has 0 bridgehead atoms. The van der Waals surface area contributed by atoms with Crippen LogP contribution in [-0.4, -0.2) is 60.9 Å². The zero-order chi connectivity index (χ0) is 24.3. The molecule has 2 aliphatic carbocycles. The number of benzene rings is 1. The summed E-state index contributed by atoms with van der Waals surface area (Å²) >= 11 is 0. The average Bonchev–Trinajstić information content (AvgIpc) is 3.11. The number of allylic oxidation sites excluding steroid dienone is 1. The molecule has 2 aliphatic heterocycles. The van der Waals surface area contributed by atoms with E-state index >= 15 is 0 Å². The third-order valence-corrected chi connectivity index (χ3v) is 8.94. The van der Waals surface area contributed by atoms with Crippen LogP contribution in [0.4, 0.5) is 18.9 Å². The zero-order valence-electron chi connectivity index (χ0n) is 19.7. The largest absolute Gasteiger partial charge is 0.461 e. The van der Waals surface area contributed by atoms with Crippen molar-refractivity contribution in [2.45, 2.75) is 51.5 Å². The number of nitrogens with zero attached hydrogens (tertiary/aromatic N) is 2. The highest BCUT2D eigenvalue weighted by molar-refractivity contribution is 5.76. The van der Waals surface area contributed by atoms with Crippen LogP contribution in [-0.2, 0) is 15.7 Å². The van der Waals surface area contributed by atoms with Crippen molar-refractivity contribution in [2.24, 2.45) is 23.2 Å². The van der Waals surface area contributed by atoms with Gasteiger partial charge < -0.3 is 14.7 Å². The van der Waals surface area contributed by atoms with Gasteiger partial charge in [-0.1, -0.05) is 31.6 Å². The monoisotopic (exact) mass is 478 g/mol. The lowest BCUT2D eigenvalue weighted by Crippen LogP contribution is -2.55. The Morgan fingerprint density at radius 1 is 1.21 bits per heavy atom. The summed E-state index contributed by atoms with van der Waals surface area (Å²) in [6, 6.07) is 5.44. The molecule has 1 aromatic rings. The van der Waals surface area contributed by atoms with Gasteiger partial charge in [-0.25, -0.2) is 0 Å². The summed E-state index contributed by atoms with van der Waals surface area (Å²) in [7, 11) is 0. The van der Waals surface area contributed by atoms with Gasteiger partial charge in [0.05, 0.1) is 17.6 Å². The van der Waals surface area contributed by atoms with Gasteiger partial charge in [-0.3, -0.25) is 9.69 Å². The van der Waals surface area contributed by atoms with E-state index in [9.17, 15) is 23.1 Å². The predicted molar refractivity (Wildman–Crippen MR) is 122 cm³/mol. The van der Waals surface area contributed by atoms with E-state index in [1.54, 1.807) is 6.07 Å². The molecule has 1 aromatic carbocycles. The van der Waals surface area contributed by atoms with Gasteiger partial charge in [0, 0.05) is 56.2 Å². The van der Waals surface area contributed by atoms with Crippen molar-refractivity contribution in [1.29, 1.82) is 0 Å². The Labute approximate surface area is 198 Å². The molecule has 0 spiro atoms. The first-order valence-corrected chi connectivity index (χ1v) is 12.3. The van der Waals surface area contributed by atoms with Gasteiger partial charge in [0.2, 0.25) is 0 Å². The van der Waals surface area contributed by atoms with Crippen molar-refractivity contribution < 1.29 is 27.8 Å². The number of halogens is 3. The van der Waals surface area contributed by atoms with Crippen molar-refractivity contribution in [2.75, 3.05) is 37.6 Å². The summed E-state index contributed by atoms with van der Waals surface area (Å²) < 4.78 is 45.0. The van der Waals surface area contributed by atoms with Crippen LogP contribution in [0.2, 0.25) is 0 Å². The summed E-state index contributed by atoms with van der Waals surface area (Å²) in [6.45, 7) is 7.30. The maximum absolute atomic E-state index is 13.1. The molecule has 0 unspecified atom stereocenters. The van der Waals surface area contributed by atoms with Gasteiger partial charge in [-0.05, 0) is 37.0 Å². The smallest absolute Gasteiger partial charge is 0.416 e. The van der Waals surface area contributed by atoms with E-state index in [4.69, 9.17) is 4.74 Å². The molecule has 8 heteroatoms. The molecule has 1 saturated carbocycles. The fourth-order valence-corrected chi connectivity index (χ4v) is 6.62. The Hall–Kier alpha value is -2.06. The van der Waals surface area contributed by atoms with E-state index in [1.807, 2.05) is 4.90 Å². The molecule has 186 valence electrons. The first-order valence-electron chi connectivity index (χ1n) is 12.3. The van der Waals surface area contributed by atoms with Gasteiger partial charge in [0.1, 0.15) is 6.10 Å². The second kappa shape index (κ2) is 8.55. The maximum atomic E-state index is 13.1. The number of aliphatic hydroxyl groups is 1. The standard InChI is InChI=1S/C26H33F3N2O3/c1-16-5-3-6-17-14-21-22(23(32)25(16,17)2)20(24(33)34-21)15-30-9-11-31(12-10-30)19-8-4-7-18(13-19)26(27,28)29/h4,6-8,13,16,20-23,32H,3,5,9-12,14-15H2,1-2H3/t16-,20-,21-,22-,23-,25-/m1/s1. The van der Waals surface area contributed by atoms with E-state index in [-0.39, 0.29) is 29.3 Å². The summed E-state index contributed by atoms with van der Waals surface area (Å²) in [5.41, 5.74) is 0.824. The summed E-state index contributed by atoms with van der Waals surface area (Å²) in [4.78, 5) is 17.0. The Morgan fingerprint density at radius 3 is 2.65 bits per heavy atom. The third-order valence-electron chi connectivity index (χ3n) is 8.94. The number of anilines is 1. The lowest BCUT2D eigenvalue weighted by atomic mass is 9.55. The Bertz CT molecular complexity index is 972. The van der Waals surface area contributed by atoms with E-state index in [0.717, 1.165) is 18.9 Å². The van der Waals surface area contributed by atoms with Crippen LogP contribution in [0.25, 0.3) is 0 Å². The SMILES string of the molecule is C[C@@H]1CCC=C2C[C@H]3OC(=O)[C@H](CN4CCN(c5cccc(C(F)(F)F)c5)CC4)[C@H]3[C@@H](O)[C@@]21C. The Balaban J connectivity index is 1.26. The molecule has 34 heavy (non-hydrogen) atoms. The van der Waals surface area contributed by atoms with E-state index < -0.39 is 17.8 Å². The number of carbonyl (C=O) groups is 1. The van der Waals surface area contributed by atoms with Crippen LogP contribution in [0.5, 0.6) is 0 Å². The lowest BCUT2D eigenvalue weighted by Gasteiger charge is -2.52. The lowest BCUT2D eigenvalue weighted by molar-refractivity contribution is -0.145. The topological polar surface area (TPSA) is 53.0 Å². The molecule has 2 saturated heterocycles. The average molecular weight is 479 g/mol. The minimum absolute atomic E-state index is 0.225. The molecule has 0 aromatic heterocycles. The van der Waals surface area contributed by atoms with Crippen LogP contribution in [0.15, 0.2) is 35.9 Å². The summed E-state index contributed by atoms with van der Waals surface area (Å²) in [5, 5.41) is 11.5. The first-order chi connectivity index (χ1) is 16.1. The van der Waals surface area contributed by atoms with Crippen molar-refractivity contribution in [1.82, 2.24) is 4.90 Å². The summed E-state index contributed by atoms with van der Waals surface area (Å²) in [6.07, 6.45) is -0.296. The van der Waals surface area contributed by atoms with Gasteiger partial charge in [-0.15, -0.1) is 0 Å². The molecule has 4 aliphatic rings. The molecule has 0 radical (unpaired) electrons. The fraction of sp³-hybridized carbons (Fsp3) is 0.654. The zero-order valence-corrected chi connectivity index (χ0v) is 19.7. The van der Waals surface area contributed by atoms with Crippen LogP contribution in [0.1, 0.15) is 38.7 Å². The first kappa shape index (κ1) is 23.7. The van der Waals surface area contributed by atoms with E-state index in [0.29, 0.717) is 50.7 Å². The number of piperazine rings is 1. The van der Waals surface area contributed by atoms with E-state index in [1.165, 1.54) is 17.7 Å². The number of aliphatic hydroxyl groups excluding tert-OH is 1. The minimum atomic E-state index is -4.36. The molecule has 5 nitrogen and oxygen atoms in total.